The third-order valence-electron chi connectivity index (χ3n) is 9.06. The Kier molecular flexibility index (Phi) is 7.14. The lowest BCUT2D eigenvalue weighted by molar-refractivity contribution is -0.119. The Morgan fingerprint density at radius 3 is 2.82 bits per heavy atom. The predicted octanol–water partition coefficient (Wildman–Crippen LogP) is 5.01. The molecule has 208 valence electrons. The maximum atomic E-state index is 13.2. The van der Waals surface area contributed by atoms with Crippen molar-refractivity contribution in [3.8, 4) is 5.75 Å². The summed E-state index contributed by atoms with van der Waals surface area (Å²) in [5.41, 5.74) is 3.05. The molecular formula is C30H35ClN2O5S. The van der Waals surface area contributed by atoms with Gasteiger partial charge in [-0.2, -0.15) is 0 Å². The lowest BCUT2D eigenvalue weighted by Crippen LogP contribution is -2.49. The Morgan fingerprint density at radius 2 is 2.03 bits per heavy atom. The van der Waals surface area contributed by atoms with Crippen molar-refractivity contribution in [2.75, 3.05) is 31.7 Å². The van der Waals surface area contributed by atoms with Crippen molar-refractivity contribution in [3.05, 3.63) is 64.7 Å². The first-order valence-corrected chi connectivity index (χ1v) is 15.7. The van der Waals surface area contributed by atoms with Crippen LogP contribution < -0.4 is 14.4 Å². The number of nitrogens with zero attached hydrogens (tertiary/aromatic N) is 1. The van der Waals surface area contributed by atoms with Gasteiger partial charge in [-0.1, -0.05) is 29.8 Å². The number of ether oxygens (including phenoxy) is 2. The quantitative estimate of drug-likeness (QED) is 0.485. The number of benzene rings is 2. The molecule has 0 saturated heterocycles. The van der Waals surface area contributed by atoms with Gasteiger partial charge in [0.2, 0.25) is 5.91 Å². The van der Waals surface area contributed by atoms with Crippen LogP contribution in [0.25, 0.3) is 0 Å². The molecule has 2 aliphatic carbocycles. The Balaban J connectivity index is 1.45. The molecule has 2 aliphatic heterocycles. The molecule has 1 saturated carbocycles. The first-order valence-electron chi connectivity index (χ1n) is 13.8. The number of sulfonamides is 1. The number of anilines is 1. The smallest absolute Gasteiger partial charge is 0.264 e. The van der Waals surface area contributed by atoms with Gasteiger partial charge < -0.3 is 14.4 Å². The number of nitrogens with one attached hydrogen (secondary N) is 1. The molecule has 0 aromatic heterocycles. The molecule has 0 radical (unpaired) electrons. The van der Waals surface area contributed by atoms with E-state index in [-0.39, 0.29) is 22.8 Å². The van der Waals surface area contributed by atoms with Gasteiger partial charge >= 0.3 is 0 Å². The highest BCUT2D eigenvalue weighted by Gasteiger charge is 2.44. The average Bonchev–Trinajstić information content (AvgIpc) is 3.04. The van der Waals surface area contributed by atoms with Crippen LogP contribution in [0.1, 0.15) is 49.7 Å². The Labute approximate surface area is 235 Å². The summed E-state index contributed by atoms with van der Waals surface area (Å²) in [6, 6.07) is 11.1. The van der Waals surface area contributed by atoms with Gasteiger partial charge in [0.15, 0.2) is 0 Å². The summed E-state index contributed by atoms with van der Waals surface area (Å²) in [5.74, 6) is 0.894. The van der Waals surface area contributed by atoms with Gasteiger partial charge in [0.25, 0.3) is 10.0 Å². The number of allylic oxidation sites excluding steroid dienone is 1. The fourth-order valence-corrected chi connectivity index (χ4v) is 8.13. The van der Waals surface area contributed by atoms with Crippen LogP contribution >= 0.6 is 11.6 Å². The summed E-state index contributed by atoms with van der Waals surface area (Å²) >= 11 is 6.37. The maximum Gasteiger partial charge on any atom is 0.264 e. The molecule has 6 rings (SSSR count). The van der Waals surface area contributed by atoms with Crippen LogP contribution in [-0.2, 0) is 31.4 Å². The van der Waals surface area contributed by atoms with E-state index < -0.39 is 15.9 Å². The summed E-state index contributed by atoms with van der Waals surface area (Å²) in [4.78, 5) is 14.9. The zero-order chi connectivity index (χ0) is 27.2. The zero-order valence-electron chi connectivity index (χ0n) is 22.2. The molecule has 0 unspecified atom stereocenters. The number of amides is 1. The molecule has 1 fully saturated rings. The van der Waals surface area contributed by atoms with E-state index >= 15 is 0 Å². The van der Waals surface area contributed by atoms with Crippen LogP contribution in [0.3, 0.4) is 0 Å². The lowest BCUT2D eigenvalue weighted by atomic mass is 9.68. The second-order valence-corrected chi connectivity index (χ2v) is 13.6. The standard InChI is InChI=1S/C30H35ClN2O5S/c1-37-27-6-2-3-7-29(34)32-39(35,36)23-10-13-28-26(16-23)33(17-21-8-11-24(21)27)18-30(19-38-28)14-4-5-20-15-22(31)9-12-25(20)30/h2,6,9-10,12-13,15-16,21,24,27H,3-5,7-8,11,14,17-19H2,1H3,(H,32,34)/t21-,24+,27-,30-/m0/s1. The second-order valence-electron chi connectivity index (χ2n) is 11.4. The number of halogens is 1. The summed E-state index contributed by atoms with van der Waals surface area (Å²) < 4.78 is 41.0. The normalized spacial score (nSPS) is 29.9. The Morgan fingerprint density at radius 1 is 1.15 bits per heavy atom. The van der Waals surface area contributed by atoms with Gasteiger partial charge in [0, 0.05) is 37.1 Å². The molecule has 39 heavy (non-hydrogen) atoms. The van der Waals surface area contributed by atoms with Crippen LogP contribution in [-0.4, -0.2) is 47.2 Å². The van der Waals surface area contributed by atoms with Crippen molar-refractivity contribution in [2.24, 2.45) is 11.8 Å². The highest BCUT2D eigenvalue weighted by atomic mass is 35.5. The minimum atomic E-state index is -4.02. The van der Waals surface area contributed by atoms with Crippen molar-refractivity contribution in [1.29, 1.82) is 0 Å². The minimum absolute atomic E-state index is 0.0405. The van der Waals surface area contributed by atoms with E-state index in [0.29, 0.717) is 37.2 Å². The van der Waals surface area contributed by atoms with Gasteiger partial charge in [-0.25, -0.2) is 13.1 Å². The number of hydrogen-bond donors (Lipinski definition) is 1. The number of hydrogen-bond acceptors (Lipinski definition) is 6. The van der Waals surface area contributed by atoms with Gasteiger partial charge in [0.05, 0.1) is 23.3 Å². The van der Waals surface area contributed by atoms with Crippen molar-refractivity contribution in [2.45, 2.75) is 61.4 Å². The number of fused-ring (bicyclic) bond motifs is 4. The fourth-order valence-electron chi connectivity index (χ4n) is 6.90. The van der Waals surface area contributed by atoms with Gasteiger partial charge in [-0.15, -0.1) is 0 Å². The lowest BCUT2D eigenvalue weighted by Gasteiger charge is -2.46. The molecule has 2 aromatic rings. The van der Waals surface area contributed by atoms with Crippen molar-refractivity contribution >= 4 is 33.2 Å². The van der Waals surface area contributed by atoms with Gasteiger partial charge in [-0.3, -0.25) is 4.79 Å². The first-order chi connectivity index (χ1) is 18.8. The first kappa shape index (κ1) is 26.7. The molecule has 2 aromatic carbocycles. The Hall–Kier alpha value is -2.55. The molecule has 2 bridgehead atoms. The van der Waals surface area contributed by atoms with Gasteiger partial charge in [-0.05, 0) is 91.8 Å². The highest BCUT2D eigenvalue weighted by molar-refractivity contribution is 7.90. The van der Waals surface area contributed by atoms with E-state index in [1.165, 1.54) is 17.2 Å². The van der Waals surface area contributed by atoms with Crippen LogP contribution in [0, 0.1) is 11.8 Å². The van der Waals surface area contributed by atoms with Crippen molar-refractivity contribution < 1.29 is 22.7 Å². The fraction of sp³-hybridized carbons (Fsp3) is 0.500. The zero-order valence-corrected chi connectivity index (χ0v) is 23.8. The largest absolute Gasteiger partial charge is 0.490 e. The maximum absolute atomic E-state index is 13.2. The number of rotatable bonds is 1. The van der Waals surface area contributed by atoms with E-state index in [1.807, 2.05) is 18.2 Å². The highest BCUT2D eigenvalue weighted by Crippen LogP contribution is 2.47. The van der Waals surface area contributed by atoms with Crippen LogP contribution in [0.2, 0.25) is 5.02 Å². The number of aryl methyl sites for hydroxylation is 1. The van der Waals surface area contributed by atoms with Crippen LogP contribution in [0.15, 0.2) is 53.4 Å². The Bertz CT molecular complexity index is 1410. The number of carbonyl (C=O) groups is 1. The molecule has 4 aliphatic rings. The van der Waals surface area contributed by atoms with Crippen molar-refractivity contribution in [3.63, 3.8) is 0 Å². The van der Waals surface area contributed by atoms with Crippen molar-refractivity contribution in [1.82, 2.24) is 4.72 Å². The molecule has 4 atom stereocenters. The van der Waals surface area contributed by atoms with E-state index in [9.17, 15) is 13.2 Å². The third-order valence-corrected chi connectivity index (χ3v) is 10.7. The summed E-state index contributed by atoms with van der Waals surface area (Å²) in [6.45, 7) is 1.99. The molecule has 2 heterocycles. The van der Waals surface area contributed by atoms with E-state index in [2.05, 4.69) is 21.8 Å². The number of methoxy groups -OCH3 is 1. The molecule has 7 nitrogen and oxygen atoms in total. The summed E-state index contributed by atoms with van der Waals surface area (Å²) in [5, 5.41) is 0.741. The monoisotopic (exact) mass is 570 g/mol. The third kappa shape index (κ3) is 5.07. The molecule has 1 spiro atoms. The van der Waals surface area contributed by atoms with Crippen LogP contribution in [0.4, 0.5) is 5.69 Å². The van der Waals surface area contributed by atoms with E-state index in [4.69, 9.17) is 21.1 Å². The molecular weight excluding hydrogens is 536 g/mol. The minimum Gasteiger partial charge on any atom is -0.490 e. The van der Waals surface area contributed by atoms with E-state index in [0.717, 1.165) is 49.4 Å². The summed E-state index contributed by atoms with van der Waals surface area (Å²) in [6.07, 6.45) is 9.64. The van der Waals surface area contributed by atoms with E-state index in [1.54, 1.807) is 19.2 Å². The molecule has 1 amide bonds. The average molecular weight is 571 g/mol. The van der Waals surface area contributed by atoms with Crippen LogP contribution in [0.5, 0.6) is 5.75 Å². The van der Waals surface area contributed by atoms with Gasteiger partial charge in [0.1, 0.15) is 5.75 Å². The number of carbonyl (C=O) groups excluding carboxylic acids is 1. The predicted molar refractivity (Wildman–Crippen MR) is 151 cm³/mol. The molecule has 1 N–H and O–H groups in total. The molecule has 9 heteroatoms. The topological polar surface area (TPSA) is 84.9 Å². The summed E-state index contributed by atoms with van der Waals surface area (Å²) in [7, 11) is -2.29. The second kappa shape index (κ2) is 10.5. The SMILES string of the molecule is CO[C@H]1C=CCCC(=O)NS(=O)(=O)c2ccc3c(c2)N(C[C@@H]2CC[C@H]21)C[C@@]1(CCCc2cc(Cl)ccc21)CO3.